The summed E-state index contributed by atoms with van der Waals surface area (Å²) in [5, 5.41) is 4.12. The van der Waals surface area contributed by atoms with Crippen LogP contribution in [0.4, 0.5) is 0 Å². The van der Waals surface area contributed by atoms with Gasteiger partial charge in [0.25, 0.3) is 0 Å². The maximum absolute atomic E-state index is 4.17. The standard InChI is InChI=1S/C9H9N3/c1-8-9(4-2-5-10-8)12-7-3-6-11-12/h2-7H,1H3. The van der Waals surface area contributed by atoms with Crippen LogP contribution in [0.2, 0.25) is 0 Å². The Kier molecular flexibility index (Phi) is 1.63. The molecule has 0 aromatic carbocycles. The molecule has 0 radical (unpaired) electrons. The number of pyridine rings is 1. The van der Waals surface area contributed by atoms with Crippen LogP contribution >= 0.6 is 0 Å². The van der Waals surface area contributed by atoms with E-state index in [0.29, 0.717) is 0 Å². The van der Waals surface area contributed by atoms with E-state index >= 15 is 0 Å². The van der Waals surface area contributed by atoms with Gasteiger partial charge in [0.15, 0.2) is 0 Å². The van der Waals surface area contributed by atoms with Gasteiger partial charge in [-0.25, -0.2) is 4.68 Å². The maximum Gasteiger partial charge on any atom is 0.0857 e. The molecule has 2 aromatic heterocycles. The Hall–Kier alpha value is -1.64. The monoisotopic (exact) mass is 159 g/mol. The first-order valence-corrected chi connectivity index (χ1v) is 3.79. The number of nitrogens with zero attached hydrogens (tertiary/aromatic N) is 3. The lowest BCUT2D eigenvalue weighted by Gasteiger charge is -2.02. The molecule has 0 N–H and O–H groups in total. The molecule has 0 aliphatic rings. The van der Waals surface area contributed by atoms with Gasteiger partial charge in [-0.2, -0.15) is 5.10 Å². The summed E-state index contributed by atoms with van der Waals surface area (Å²) in [5.74, 6) is 0. The highest BCUT2D eigenvalue weighted by Crippen LogP contribution is 2.07. The molecule has 0 fully saturated rings. The molecule has 2 aromatic rings. The van der Waals surface area contributed by atoms with Crippen molar-refractivity contribution in [2.45, 2.75) is 6.92 Å². The zero-order chi connectivity index (χ0) is 8.39. The van der Waals surface area contributed by atoms with E-state index in [1.165, 1.54) is 0 Å². The second-order valence-electron chi connectivity index (χ2n) is 2.56. The minimum atomic E-state index is 0.987. The Bertz CT molecular complexity index is 365. The van der Waals surface area contributed by atoms with E-state index in [-0.39, 0.29) is 0 Å². The fourth-order valence-electron chi connectivity index (χ4n) is 1.13. The van der Waals surface area contributed by atoms with Crippen LogP contribution in [0.1, 0.15) is 5.69 Å². The Labute approximate surface area is 70.7 Å². The van der Waals surface area contributed by atoms with Crippen LogP contribution < -0.4 is 0 Å². The van der Waals surface area contributed by atoms with Gasteiger partial charge in [-0.15, -0.1) is 0 Å². The van der Waals surface area contributed by atoms with Gasteiger partial charge in [0, 0.05) is 18.6 Å². The minimum Gasteiger partial charge on any atom is -0.259 e. The minimum absolute atomic E-state index is 0.987. The van der Waals surface area contributed by atoms with Crippen molar-refractivity contribution in [3.63, 3.8) is 0 Å². The molecular formula is C9H9N3. The molecule has 0 saturated carbocycles. The van der Waals surface area contributed by atoms with E-state index < -0.39 is 0 Å². The molecule has 0 aliphatic carbocycles. The fourth-order valence-corrected chi connectivity index (χ4v) is 1.13. The highest BCUT2D eigenvalue weighted by Gasteiger charge is 1.98. The summed E-state index contributed by atoms with van der Waals surface area (Å²) in [5.41, 5.74) is 2.02. The van der Waals surface area contributed by atoms with Gasteiger partial charge in [0.1, 0.15) is 0 Å². The SMILES string of the molecule is Cc1ncccc1-n1cccn1. The number of hydrogen-bond donors (Lipinski definition) is 0. The number of rotatable bonds is 1. The Morgan fingerprint density at radius 3 is 2.83 bits per heavy atom. The predicted octanol–water partition coefficient (Wildman–Crippen LogP) is 1.58. The summed E-state index contributed by atoms with van der Waals surface area (Å²) in [4.78, 5) is 4.17. The lowest BCUT2D eigenvalue weighted by atomic mass is 10.3. The molecule has 0 unspecified atom stereocenters. The molecule has 3 heteroatoms. The van der Waals surface area contributed by atoms with Crippen LogP contribution in [0.25, 0.3) is 5.69 Å². The van der Waals surface area contributed by atoms with Crippen LogP contribution in [0.3, 0.4) is 0 Å². The molecular weight excluding hydrogens is 150 g/mol. The highest BCUT2D eigenvalue weighted by atomic mass is 15.3. The molecule has 2 rings (SSSR count). The third-order valence-corrected chi connectivity index (χ3v) is 1.73. The fraction of sp³-hybridized carbons (Fsp3) is 0.111. The zero-order valence-corrected chi connectivity index (χ0v) is 6.81. The van der Waals surface area contributed by atoms with Gasteiger partial charge in [0.05, 0.1) is 11.4 Å². The van der Waals surface area contributed by atoms with Crippen molar-refractivity contribution in [1.29, 1.82) is 0 Å². The van der Waals surface area contributed by atoms with Crippen molar-refractivity contribution in [1.82, 2.24) is 14.8 Å². The second kappa shape index (κ2) is 2.77. The zero-order valence-electron chi connectivity index (χ0n) is 6.81. The van der Waals surface area contributed by atoms with Gasteiger partial charge in [-0.05, 0) is 25.1 Å². The van der Waals surface area contributed by atoms with Gasteiger partial charge in [-0.1, -0.05) is 0 Å². The number of hydrogen-bond acceptors (Lipinski definition) is 2. The molecule has 0 bridgehead atoms. The van der Waals surface area contributed by atoms with Crippen molar-refractivity contribution in [2.24, 2.45) is 0 Å². The van der Waals surface area contributed by atoms with Crippen LogP contribution in [0.5, 0.6) is 0 Å². The molecule has 0 spiro atoms. The molecule has 0 atom stereocenters. The Morgan fingerprint density at radius 1 is 1.25 bits per heavy atom. The third kappa shape index (κ3) is 1.09. The molecule has 12 heavy (non-hydrogen) atoms. The first-order chi connectivity index (χ1) is 5.88. The van der Waals surface area contributed by atoms with Gasteiger partial charge >= 0.3 is 0 Å². The average Bonchev–Trinajstić information content (AvgIpc) is 2.57. The van der Waals surface area contributed by atoms with Crippen LogP contribution in [-0.4, -0.2) is 14.8 Å². The highest BCUT2D eigenvalue weighted by molar-refractivity contribution is 5.33. The van der Waals surface area contributed by atoms with E-state index in [9.17, 15) is 0 Å². The summed E-state index contributed by atoms with van der Waals surface area (Å²) in [6.45, 7) is 1.97. The molecule has 3 nitrogen and oxygen atoms in total. The second-order valence-corrected chi connectivity index (χ2v) is 2.56. The third-order valence-electron chi connectivity index (χ3n) is 1.73. The predicted molar refractivity (Wildman–Crippen MR) is 46.1 cm³/mol. The quantitative estimate of drug-likeness (QED) is 0.632. The van der Waals surface area contributed by atoms with Crippen molar-refractivity contribution >= 4 is 0 Å². The van der Waals surface area contributed by atoms with Crippen molar-refractivity contribution < 1.29 is 0 Å². The van der Waals surface area contributed by atoms with Crippen molar-refractivity contribution in [3.05, 3.63) is 42.5 Å². The average molecular weight is 159 g/mol. The first-order valence-electron chi connectivity index (χ1n) is 3.79. The van der Waals surface area contributed by atoms with E-state index in [1.807, 2.05) is 36.0 Å². The van der Waals surface area contributed by atoms with E-state index in [0.717, 1.165) is 11.4 Å². The van der Waals surface area contributed by atoms with E-state index in [4.69, 9.17) is 0 Å². The molecule has 2 heterocycles. The van der Waals surface area contributed by atoms with Crippen molar-refractivity contribution in [2.75, 3.05) is 0 Å². The first kappa shape index (κ1) is 7.03. The molecule has 0 amide bonds. The van der Waals surface area contributed by atoms with Gasteiger partial charge in [-0.3, -0.25) is 4.98 Å². The molecule has 0 saturated heterocycles. The Balaban J connectivity index is 2.55. The van der Waals surface area contributed by atoms with Crippen LogP contribution in [0.15, 0.2) is 36.8 Å². The topological polar surface area (TPSA) is 30.7 Å². The Morgan fingerprint density at radius 2 is 2.17 bits per heavy atom. The summed E-state index contributed by atoms with van der Waals surface area (Å²) in [6, 6.07) is 5.80. The van der Waals surface area contributed by atoms with E-state index in [2.05, 4.69) is 10.1 Å². The number of aryl methyl sites for hydroxylation is 1. The van der Waals surface area contributed by atoms with Crippen molar-refractivity contribution in [3.8, 4) is 5.69 Å². The molecule has 0 aliphatic heterocycles. The molecule has 60 valence electrons. The summed E-state index contributed by atoms with van der Waals surface area (Å²) < 4.78 is 1.81. The van der Waals surface area contributed by atoms with E-state index in [1.54, 1.807) is 12.4 Å². The lowest BCUT2D eigenvalue weighted by Crippen LogP contribution is -1.98. The van der Waals surface area contributed by atoms with Crippen LogP contribution in [0, 0.1) is 6.92 Å². The van der Waals surface area contributed by atoms with Gasteiger partial charge < -0.3 is 0 Å². The normalized spacial score (nSPS) is 10.1. The summed E-state index contributed by atoms with van der Waals surface area (Å²) in [7, 11) is 0. The number of aromatic nitrogens is 3. The summed E-state index contributed by atoms with van der Waals surface area (Å²) in [6.07, 6.45) is 5.44. The van der Waals surface area contributed by atoms with Gasteiger partial charge in [0.2, 0.25) is 0 Å². The van der Waals surface area contributed by atoms with Crippen LogP contribution in [-0.2, 0) is 0 Å². The smallest absolute Gasteiger partial charge is 0.0857 e. The lowest BCUT2D eigenvalue weighted by molar-refractivity contribution is 0.862. The summed E-state index contributed by atoms with van der Waals surface area (Å²) >= 11 is 0. The maximum atomic E-state index is 4.17. The largest absolute Gasteiger partial charge is 0.259 e.